The standard InChI is InChI=1S/C17H22O3Se/c1-4-6-12-15(18)16(13(3)17(19)20-5-2)21-14-10-8-7-9-11-14/h7-11H,4-6,12H2,1-3H3. The summed E-state index contributed by atoms with van der Waals surface area (Å²) in [4.78, 5) is 24.3. The van der Waals surface area contributed by atoms with Gasteiger partial charge < -0.3 is 0 Å². The van der Waals surface area contributed by atoms with Gasteiger partial charge in [0.1, 0.15) is 0 Å². The molecule has 21 heavy (non-hydrogen) atoms. The minimum absolute atomic E-state index is 0.0752. The third-order valence-corrected chi connectivity index (χ3v) is 5.51. The van der Waals surface area contributed by atoms with E-state index in [9.17, 15) is 9.59 Å². The summed E-state index contributed by atoms with van der Waals surface area (Å²) in [6, 6.07) is 9.83. The number of allylic oxidation sites excluding steroid dienone is 1. The van der Waals surface area contributed by atoms with E-state index in [0.717, 1.165) is 17.3 Å². The first-order valence-corrected chi connectivity index (χ1v) is 8.95. The molecule has 0 atom stereocenters. The Kier molecular flexibility index (Phi) is 8.02. The zero-order valence-corrected chi connectivity index (χ0v) is 14.6. The maximum atomic E-state index is 12.4. The second-order valence-electron chi connectivity index (χ2n) is 4.62. The van der Waals surface area contributed by atoms with Crippen LogP contribution in [0.5, 0.6) is 0 Å². The number of ether oxygens (including phenoxy) is 1. The normalized spacial score (nSPS) is 11.8. The van der Waals surface area contributed by atoms with Crippen LogP contribution in [0, 0.1) is 0 Å². The van der Waals surface area contributed by atoms with Crippen molar-refractivity contribution in [1.29, 1.82) is 0 Å². The fourth-order valence-corrected chi connectivity index (χ4v) is 3.79. The summed E-state index contributed by atoms with van der Waals surface area (Å²) in [5, 5.41) is 0. The van der Waals surface area contributed by atoms with Gasteiger partial charge in [0.25, 0.3) is 0 Å². The Hall–Kier alpha value is -1.38. The molecular formula is C17H22O3Se. The second-order valence-corrected chi connectivity index (χ2v) is 6.89. The molecule has 0 heterocycles. The van der Waals surface area contributed by atoms with Crippen LogP contribution in [0.2, 0.25) is 0 Å². The molecule has 0 bridgehead atoms. The van der Waals surface area contributed by atoms with E-state index in [1.165, 1.54) is 0 Å². The van der Waals surface area contributed by atoms with E-state index in [2.05, 4.69) is 6.92 Å². The van der Waals surface area contributed by atoms with Crippen molar-refractivity contribution in [3.8, 4) is 0 Å². The summed E-state index contributed by atoms with van der Waals surface area (Å²) in [5.74, 6) is -0.304. The fraction of sp³-hybridized carbons (Fsp3) is 0.412. The molecule has 1 rings (SSSR count). The zero-order valence-electron chi connectivity index (χ0n) is 12.8. The Morgan fingerprint density at radius 2 is 1.81 bits per heavy atom. The molecule has 4 heteroatoms. The molecular weight excluding hydrogens is 331 g/mol. The van der Waals surface area contributed by atoms with E-state index >= 15 is 0 Å². The van der Waals surface area contributed by atoms with Gasteiger partial charge in [-0.1, -0.05) is 0 Å². The third-order valence-electron chi connectivity index (χ3n) is 2.90. The molecule has 0 aromatic heterocycles. The van der Waals surface area contributed by atoms with Crippen molar-refractivity contribution in [2.45, 2.75) is 40.0 Å². The van der Waals surface area contributed by atoms with Gasteiger partial charge in [0.15, 0.2) is 0 Å². The molecule has 1 aromatic rings. The van der Waals surface area contributed by atoms with Crippen LogP contribution in [0.25, 0.3) is 0 Å². The van der Waals surface area contributed by atoms with Crippen molar-refractivity contribution < 1.29 is 14.3 Å². The number of benzene rings is 1. The number of rotatable bonds is 8. The van der Waals surface area contributed by atoms with Crippen LogP contribution in [0.15, 0.2) is 40.4 Å². The van der Waals surface area contributed by atoms with Crippen LogP contribution in [-0.2, 0) is 14.3 Å². The number of hydrogen-bond acceptors (Lipinski definition) is 3. The quantitative estimate of drug-likeness (QED) is 0.410. The molecule has 0 saturated heterocycles. The maximum absolute atomic E-state index is 12.4. The molecule has 0 unspecified atom stereocenters. The van der Waals surface area contributed by atoms with Gasteiger partial charge in [0, 0.05) is 0 Å². The van der Waals surface area contributed by atoms with Crippen molar-refractivity contribution in [3.63, 3.8) is 0 Å². The van der Waals surface area contributed by atoms with E-state index in [-0.39, 0.29) is 26.7 Å². The van der Waals surface area contributed by atoms with Crippen LogP contribution in [-0.4, -0.2) is 33.3 Å². The van der Waals surface area contributed by atoms with Gasteiger partial charge in [-0.15, -0.1) is 0 Å². The molecule has 0 aliphatic rings. The first-order chi connectivity index (χ1) is 10.1. The molecule has 0 spiro atoms. The van der Waals surface area contributed by atoms with E-state index in [1.54, 1.807) is 13.8 Å². The Labute approximate surface area is 132 Å². The van der Waals surface area contributed by atoms with E-state index in [4.69, 9.17) is 4.74 Å². The summed E-state index contributed by atoms with van der Waals surface area (Å²) >= 11 is -0.164. The van der Waals surface area contributed by atoms with Crippen LogP contribution >= 0.6 is 0 Å². The van der Waals surface area contributed by atoms with Gasteiger partial charge in [0.05, 0.1) is 0 Å². The molecule has 0 N–H and O–H groups in total. The molecule has 0 amide bonds. The average molecular weight is 353 g/mol. The number of carbonyl (C=O) groups is 2. The van der Waals surface area contributed by atoms with Gasteiger partial charge in [-0.05, 0) is 0 Å². The van der Waals surface area contributed by atoms with E-state index in [0.29, 0.717) is 23.1 Å². The first kappa shape index (κ1) is 17.7. The number of Topliss-reactive ketones (excluding diaryl/α,β-unsaturated/α-hetero) is 1. The number of ketones is 1. The van der Waals surface area contributed by atoms with Gasteiger partial charge in [0.2, 0.25) is 0 Å². The second kappa shape index (κ2) is 9.54. The van der Waals surface area contributed by atoms with Crippen molar-refractivity contribution in [3.05, 3.63) is 40.4 Å². The predicted octanol–water partition coefficient (Wildman–Crippen LogP) is 2.61. The summed E-state index contributed by atoms with van der Waals surface area (Å²) in [6.45, 7) is 5.84. The summed E-state index contributed by atoms with van der Waals surface area (Å²) in [6.07, 6.45) is 2.32. The summed E-state index contributed by atoms with van der Waals surface area (Å²) < 4.78 is 6.77. The fourth-order valence-electron chi connectivity index (χ4n) is 1.73. The van der Waals surface area contributed by atoms with Crippen molar-refractivity contribution in [2.24, 2.45) is 0 Å². The molecule has 0 aliphatic heterocycles. The SMILES string of the molecule is CCCCC(=O)C([Se]c1ccccc1)=C(C)C(=O)OCC. The monoisotopic (exact) mass is 354 g/mol. The topological polar surface area (TPSA) is 43.4 Å². The van der Waals surface area contributed by atoms with Crippen molar-refractivity contribution >= 4 is 31.2 Å². The molecule has 0 aliphatic carbocycles. The van der Waals surface area contributed by atoms with Crippen LogP contribution < -0.4 is 4.46 Å². The number of esters is 1. The number of hydrogen-bond donors (Lipinski definition) is 0. The van der Waals surface area contributed by atoms with Crippen molar-refractivity contribution in [1.82, 2.24) is 0 Å². The molecule has 0 fully saturated rings. The van der Waals surface area contributed by atoms with Crippen LogP contribution in [0.1, 0.15) is 40.0 Å². The van der Waals surface area contributed by atoms with Gasteiger partial charge in [-0.25, -0.2) is 0 Å². The van der Waals surface area contributed by atoms with Crippen molar-refractivity contribution in [2.75, 3.05) is 6.61 Å². The Morgan fingerprint density at radius 1 is 1.14 bits per heavy atom. The van der Waals surface area contributed by atoms with Gasteiger partial charge in [-0.2, -0.15) is 0 Å². The third kappa shape index (κ3) is 5.86. The molecule has 1 aromatic carbocycles. The molecule has 3 nitrogen and oxygen atoms in total. The van der Waals surface area contributed by atoms with Gasteiger partial charge in [-0.3, -0.25) is 0 Å². The average Bonchev–Trinajstić information content (AvgIpc) is 2.50. The van der Waals surface area contributed by atoms with E-state index in [1.807, 2.05) is 30.3 Å². The molecule has 114 valence electrons. The Bertz CT molecular complexity index is 506. The predicted molar refractivity (Wildman–Crippen MR) is 85.7 cm³/mol. The number of carbonyl (C=O) groups excluding carboxylic acids is 2. The summed E-state index contributed by atoms with van der Waals surface area (Å²) in [5.41, 5.74) is 0.460. The molecule has 0 radical (unpaired) electrons. The Balaban J connectivity index is 3.01. The minimum atomic E-state index is -0.379. The van der Waals surface area contributed by atoms with Gasteiger partial charge >= 0.3 is 133 Å². The van der Waals surface area contributed by atoms with Crippen LogP contribution in [0.4, 0.5) is 0 Å². The van der Waals surface area contributed by atoms with Crippen LogP contribution in [0.3, 0.4) is 0 Å². The first-order valence-electron chi connectivity index (χ1n) is 7.24. The zero-order chi connectivity index (χ0) is 15.7. The van der Waals surface area contributed by atoms with E-state index < -0.39 is 0 Å². The Morgan fingerprint density at radius 3 is 2.38 bits per heavy atom. The number of unbranched alkanes of at least 4 members (excludes halogenated alkanes) is 1. The molecule has 0 saturated carbocycles. The summed E-state index contributed by atoms with van der Waals surface area (Å²) in [7, 11) is 0.